The van der Waals surface area contributed by atoms with Gasteiger partial charge in [-0.3, -0.25) is 9.59 Å². The quantitative estimate of drug-likeness (QED) is 0.616. The molecule has 0 saturated carbocycles. The minimum absolute atomic E-state index is 0.394. The molecule has 1 amide bonds. The fourth-order valence-corrected chi connectivity index (χ4v) is 3.20. The number of carbonyl (C=O) groups is 2. The van der Waals surface area contributed by atoms with Crippen LogP contribution in [0.3, 0.4) is 0 Å². The van der Waals surface area contributed by atoms with Crippen LogP contribution < -0.4 is 4.90 Å². The smallest absolute Gasteiger partial charge is 0.299 e. The summed E-state index contributed by atoms with van der Waals surface area (Å²) >= 11 is 5.26. The first-order valence-electron chi connectivity index (χ1n) is 5.89. The van der Waals surface area contributed by atoms with E-state index in [9.17, 15) is 9.59 Å². The second-order valence-electron chi connectivity index (χ2n) is 3.97. The van der Waals surface area contributed by atoms with Crippen molar-refractivity contribution in [3.8, 4) is 0 Å². The van der Waals surface area contributed by atoms with Gasteiger partial charge >= 0.3 is 0 Å². The van der Waals surface area contributed by atoms with Gasteiger partial charge in [-0.1, -0.05) is 13.0 Å². The predicted octanol–water partition coefficient (Wildman–Crippen LogP) is 3.12. The Morgan fingerprint density at radius 2 is 2.11 bits per heavy atom. The van der Waals surface area contributed by atoms with Crippen LogP contribution in [0.15, 0.2) is 22.7 Å². The van der Waals surface area contributed by atoms with Gasteiger partial charge in [0.25, 0.3) is 11.7 Å². The predicted molar refractivity (Wildman–Crippen MR) is 78.4 cm³/mol. The minimum atomic E-state index is -0.404. The van der Waals surface area contributed by atoms with Crippen LogP contribution >= 0.6 is 27.7 Å². The summed E-state index contributed by atoms with van der Waals surface area (Å²) in [4.78, 5) is 25.4. The third-order valence-electron chi connectivity index (χ3n) is 2.82. The molecule has 0 N–H and O–H groups in total. The molecule has 1 aromatic rings. The molecule has 96 valence electrons. The maximum atomic E-state index is 11.9. The molecule has 0 radical (unpaired) electrons. The number of Topliss-reactive ketones (excluding diaryl/α,β-unsaturated/α-hetero) is 1. The Labute approximate surface area is 119 Å². The largest absolute Gasteiger partial charge is 0.304 e. The van der Waals surface area contributed by atoms with Crippen LogP contribution in [0.2, 0.25) is 0 Å². The molecule has 0 spiro atoms. The molecule has 3 nitrogen and oxygen atoms in total. The molecule has 2 rings (SSSR count). The summed E-state index contributed by atoms with van der Waals surface area (Å²) < 4.78 is 0.808. The Hall–Kier alpha value is -0.810. The Balaban J connectivity index is 2.17. The van der Waals surface area contributed by atoms with E-state index in [4.69, 9.17) is 0 Å². The summed E-state index contributed by atoms with van der Waals surface area (Å²) in [6, 6.07) is 5.35. The Kier molecular flexibility index (Phi) is 4.45. The fourth-order valence-electron chi connectivity index (χ4n) is 1.99. The van der Waals surface area contributed by atoms with E-state index >= 15 is 0 Å². The zero-order valence-electron chi connectivity index (χ0n) is 10.1. The molecule has 1 aromatic carbocycles. The third kappa shape index (κ3) is 2.47. The average molecular weight is 328 g/mol. The molecule has 0 saturated heterocycles. The van der Waals surface area contributed by atoms with Crippen molar-refractivity contribution in [2.24, 2.45) is 0 Å². The minimum Gasteiger partial charge on any atom is -0.304 e. The van der Waals surface area contributed by atoms with Crippen molar-refractivity contribution in [3.63, 3.8) is 0 Å². The van der Waals surface area contributed by atoms with Crippen molar-refractivity contribution in [3.05, 3.63) is 28.2 Å². The number of amides is 1. The van der Waals surface area contributed by atoms with Gasteiger partial charge in [-0.2, -0.15) is 11.8 Å². The second kappa shape index (κ2) is 5.89. The summed E-state index contributed by atoms with van der Waals surface area (Å²) in [5.41, 5.74) is 1.24. The Morgan fingerprint density at radius 3 is 2.83 bits per heavy atom. The first kappa shape index (κ1) is 13.6. The number of halogens is 1. The van der Waals surface area contributed by atoms with Crippen LogP contribution in [0.1, 0.15) is 23.7 Å². The molecule has 0 atom stereocenters. The van der Waals surface area contributed by atoms with Crippen molar-refractivity contribution in [2.45, 2.75) is 13.3 Å². The van der Waals surface area contributed by atoms with E-state index < -0.39 is 11.7 Å². The molecular formula is C13H14BrNO2S. The summed E-state index contributed by atoms with van der Waals surface area (Å²) in [6.07, 6.45) is 0.901. The number of hydrogen-bond donors (Lipinski definition) is 0. The van der Waals surface area contributed by atoms with E-state index in [1.807, 2.05) is 17.8 Å². The number of thioether (sulfide) groups is 1. The molecule has 0 fully saturated rings. The van der Waals surface area contributed by atoms with Gasteiger partial charge in [-0.25, -0.2) is 0 Å². The van der Waals surface area contributed by atoms with Crippen molar-refractivity contribution >= 4 is 45.1 Å². The number of ketones is 1. The first-order chi connectivity index (χ1) is 8.66. The number of para-hydroxylation sites is 1. The number of carbonyl (C=O) groups excluding carboxylic acids is 2. The fraction of sp³-hybridized carbons (Fsp3) is 0.385. The molecule has 0 aromatic heterocycles. The molecule has 1 aliphatic rings. The molecule has 1 heterocycles. The first-order valence-corrected chi connectivity index (χ1v) is 7.84. The number of fused-ring (bicyclic) bond motifs is 1. The van der Waals surface area contributed by atoms with Gasteiger partial charge in [-0.05, 0) is 46.0 Å². The van der Waals surface area contributed by atoms with E-state index in [0.29, 0.717) is 12.1 Å². The third-order valence-corrected chi connectivity index (χ3v) is 4.44. The summed E-state index contributed by atoms with van der Waals surface area (Å²) in [5, 5.41) is 0. The number of nitrogens with zero attached hydrogens (tertiary/aromatic N) is 1. The maximum absolute atomic E-state index is 11.9. The van der Waals surface area contributed by atoms with Crippen LogP contribution in [0.5, 0.6) is 0 Å². The summed E-state index contributed by atoms with van der Waals surface area (Å²) in [7, 11) is 0. The van der Waals surface area contributed by atoms with Crippen LogP contribution in [0, 0.1) is 0 Å². The van der Waals surface area contributed by atoms with E-state index in [-0.39, 0.29) is 0 Å². The van der Waals surface area contributed by atoms with Gasteiger partial charge < -0.3 is 4.90 Å². The number of benzene rings is 1. The second-order valence-corrected chi connectivity index (χ2v) is 6.22. The molecule has 5 heteroatoms. The highest BCUT2D eigenvalue weighted by molar-refractivity contribution is 9.10. The maximum Gasteiger partial charge on any atom is 0.299 e. The zero-order valence-corrected chi connectivity index (χ0v) is 12.5. The highest BCUT2D eigenvalue weighted by Crippen LogP contribution is 2.35. The van der Waals surface area contributed by atoms with Crippen molar-refractivity contribution in [1.82, 2.24) is 0 Å². The van der Waals surface area contributed by atoms with Crippen LogP contribution in [0.25, 0.3) is 0 Å². The number of rotatable bonds is 5. The van der Waals surface area contributed by atoms with Crippen molar-refractivity contribution < 1.29 is 9.59 Å². The monoisotopic (exact) mass is 327 g/mol. The van der Waals surface area contributed by atoms with Gasteiger partial charge in [0.15, 0.2) is 0 Å². The molecule has 1 aliphatic heterocycles. The molecule has 0 aliphatic carbocycles. The topological polar surface area (TPSA) is 37.4 Å². The van der Waals surface area contributed by atoms with E-state index in [0.717, 1.165) is 28.1 Å². The standard InChI is InChI=1S/C13H14BrNO2S/c1-2-18-8-4-7-15-11-9(12(16)13(15)17)5-3-6-10(11)14/h3,5-6H,2,4,7-8H2,1H3. The summed E-state index contributed by atoms with van der Waals surface area (Å²) in [6.45, 7) is 2.72. The van der Waals surface area contributed by atoms with E-state index in [2.05, 4.69) is 22.9 Å². The SMILES string of the molecule is CCSCCCN1C(=O)C(=O)c2cccc(Br)c21. The molecule has 18 heavy (non-hydrogen) atoms. The van der Waals surface area contributed by atoms with Gasteiger partial charge in [0.1, 0.15) is 0 Å². The highest BCUT2D eigenvalue weighted by Gasteiger charge is 2.36. The van der Waals surface area contributed by atoms with E-state index in [1.54, 1.807) is 17.0 Å². The highest BCUT2D eigenvalue weighted by atomic mass is 79.9. The molecular weight excluding hydrogens is 314 g/mol. The van der Waals surface area contributed by atoms with Gasteiger partial charge in [0, 0.05) is 11.0 Å². The molecule has 0 bridgehead atoms. The lowest BCUT2D eigenvalue weighted by molar-refractivity contribution is -0.114. The normalized spacial score (nSPS) is 14.2. The lowest BCUT2D eigenvalue weighted by Crippen LogP contribution is -2.31. The average Bonchev–Trinajstić information content (AvgIpc) is 2.61. The van der Waals surface area contributed by atoms with Gasteiger partial charge in [-0.15, -0.1) is 0 Å². The van der Waals surface area contributed by atoms with Crippen molar-refractivity contribution in [2.75, 3.05) is 23.0 Å². The zero-order chi connectivity index (χ0) is 13.1. The Morgan fingerprint density at radius 1 is 1.33 bits per heavy atom. The van der Waals surface area contributed by atoms with E-state index in [1.165, 1.54) is 0 Å². The van der Waals surface area contributed by atoms with Gasteiger partial charge in [0.2, 0.25) is 0 Å². The summed E-state index contributed by atoms with van der Waals surface area (Å²) in [5.74, 6) is 1.29. The number of hydrogen-bond acceptors (Lipinski definition) is 3. The Bertz CT molecular complexity index is 490. The van der Waals surface area contributed by atoms with Crippen molar-refractivity contribution in [1.29, 1.82) is 0 Å². The lowest BCUT2D eigenvalue weighted by Gasteiger charge is -2.17. The van der Waals surface area contributed by atoms with Crippen LogP contribution in [0.4, 0.5) is 5.69 Å². The number of anilines is 1. The molecule has 0 unspecified atom stereocenters. The van der Waals surface area contributed by atoms with Crippen LogP contribution in [-0.4, -0.2) is 29.7 Å². The lowest BCUT2D eigenvalue weighted by atomic mass is 10.1. The van der Waals surface area contributed by atoms with Gasteiger partial charge in [0.05, 0.1) is 11.3 Å². The van der Waals surface area contributed by atoms with Crippen LogP contribution in [-0.2, 0) is 4.79 Å².